The van der Waals surface area contributed by atoms with Gasteiger partial charge in [-0.25, -0.2) is 5.43 Å². The van der Waals surface area contributed by atoms with Crippen molar-refractivity contribution in [3.05, 3.63) is 0 Å². The lowest BCUT2D eigenvalue weighted by Crippen LogP contribution is -2.17. The van der Waals surface area contributed by atoms with Crippen LogP contribution in [-0.2, 0) is 4.79 Å². The van der Waals surface area contributed by atoms with Crippen LogP contribution in [0.3, 0.4) is 0 Å². The van der Waals surface area contributed by atoms with Gasteiger partial charge < -0.3 is 0 Å². The molecule has 0 rings (SSSR count). The Kier molecular flexibility index (Phi) is 4.93. The molecule has 0 fully saturated rings. The lowest BCUT2D eigenvalue weighted by Gasteiger charge is -1.89. The molecule has 0 aliphatic heterocycles. The maximum atomic E-state index is 10.3. The van der Waals surface area contributed by atoms with Crippen molar-refractivity contribution in [1.29, 1.82) is 0 Å². The molecule has 1 N–H and O–H groups in total. The van der Waals surface area contributed by atoms with E-state index in [-0.39, 0.29) is 5.91 Å². The van der Waals surface area contributed by atoms with Crippen LogP contribution in [0.5, 0.6) is 0 Å². The number of nitrogens with zero attached hydrogens (tertiary/aromatic N) is 1. The summed E-state index contributed by atoms with van der Waals surface area (Å²) in [7, 11) is 0. The summed E-state index contributed by atoms with van der Waals surface area (Å²) in [4.78, 5) is 10.3. The maximum Gasteiger partial charge on any atom is 0.249 e. The average Bonchev–Trinajstić information content (AvgIpc) is 1.83. The van der Waals surface area contributed by atoms with Crippen LogP contribution in [0.2, 0.25) is 0 Å². The third kappa shape index (κ3) is 4.04. The second-order valence-electron chi connectivity index (χ2n) is 1.06. The molecule has 0 aliphatic carbocycles. The smallest absolute Gasteiger partial charge is 0.249 e. The molecule has 0 saturated carbocycles. The van der Waals surface area contributed by atoms with E-state index in [4.69, 9.17) is 0 Å². The molecule has 46 valence electrons. The predicted molar refractivity (Wildman–Crippen MR) is 41.2 cm³/mol. The zero-order valence-electron chi connectivity index (χ0n) is 4.52. The van der Waals surface area contributed by atoms with Gasteiger partial charge in [-0.1, -0.05) is 22.6 Å². The van der Waals surface area contributed by atoms with Crippen molar-refractivity contribution in [2.45, 2.75) is 6.92 Å². The van der Waals surface area contributed by atoms with Gasteiger partial charge >= 0.3 is 0 Å². The highest BCUT2D eigenvalue weighted by Gasteiger charge is 1.89. The molecule has 0 radical (unpaired) electrons. The fraction of sp³-hybridized carbons (Fsp3) is 0.500. The lowest BCUT2D eigenvalue weighted by molar-refractivity contribution is -0.118. The van der Waals surface area contributed by atoms with Crippen molar-refractivity contribution in [3.63, 3.8) is 0 Å². The quantitative estimate of drug-likeness (QED) is 0.317. The Morgan fingerprint density at radius 1 is 2.00 bits per heavy atom. The topological polar surface area (TPSA) is 41.5 Å². The van der Waals surface area contributed by atoms with Gasteiger partial charge in [-0.15, -0.1) is 0 Å². The minimum absolute atomic E-state index is 0.0660. The number of rotatable bonds is 2. The molecule has 0 bridgehead atoms. The fourth-order valence-corrected chi connectivity index (χ4v) is 0.337. The van der Waals surface area contributed by atoms with Gasteiger partial charge in [0, 0.05) is 6.21 Å². The fourth-order valence-electron chi connectivity index (χ4n) is 0.166. The molecule has 0 aliphatic rings. The van der Waals surface area contributed by atoms with Crippen LogP contribution < -0.4 is 5.43 Å². The van der Waals surface area contributed by atoms with E-state index in [0.717, 1.165) is 0 Å². The van der Waals surface area contributed by atoms with Gasteiger partial charge in [0.2, 0.25) is 5.91 Å². The SMILES string of the molecule is C/C=N/NC(=O)CI. The number of amides is 1. The van der Waals surface area contributed by atoms with Crippen LogP contribution in [0.4, 0.5) is 0 Å². The van der Waals surface area contributed by atoms with E-state index in [2.05, 4.69) is 10.5 Å². The number of nitrogens with one attached hydrogen (secondary N) is 1. The largest absolute Gasteiger partial charge is 0.272 e. The minimum Gasteiger partial charge on any atom is -0.272 e. The third-order valence-electron chi connectivity index (χ3n) is 0.440. The van der Waals surface area contributed by atoms with Gasteiger partial charge in [0.05, 0.1) is 4.43 Å². The number of hydrogen-bond acceptors (Lipinski definition) is 2. The van der Waals surface area contributed by atoms with E-state index < -0.39 is 0 Å². The van der Waals surface area contributed by atoms with Gasteiger partial charge in [-0.05, 0) is 6.92 Å². The molecule has 0 aromatic carbocycles. The number of alkyl halides is 1. The Hall–Kier alpha value is -0.130. The summed E-state index contributed by atoms with van der Waals surface area (Å²) in [6.45, 7) is 1.74. The van der Waals surface area contributed by atoms with Gasteiger partial charge in [0.15, 0.2) is 0 Å². The molecule has 0 spiro atoms. The van der Waals surface area contributed by atoms with Gasteiger partial charge in [-0.2, -0.15) is 5.10 Å². The molecule has 0 heterocycles. The minimum atomic E-state index is -0.0660. The molecule has 0 unspecified atom stereocenters. The number of carbonyl (C=O) groups excluding carboxylic acids is 1. The summed E-state index contributed by atoms with van der Waals surface area (Å²) in [6, 6.07) is 0. The zero-order valence-corrected chi connectivity index (χ0v) is 6.68. The second kappa shape index (κ2) is 5.02. The third-order valence-corrected chi connectivity index (χ3v) is 1.13. The molecule has 0 saturated heterocycles. The van der Waals surface area contributed by atoms with Gasteiger partial charge in [0.1, 0.15) is 0 Å². The highest BCUT2D eigenvalue weighted by Crippen LogP contribution is 1.77. The normalized spacial score (nSPS) is 9.75. The van der Waals surface area contributed by atoms with Crippen LogP contribution in [0.25, 0.3) is 0 Å². The summed E-state index contributed by atoms with van der Waals surface area (Å²) in [5, 5.41) is 3.51. The van der Waals surface area contributed by atoms with E-state index in [1.807, 2.05) is 22.6 Å². The summed E-state index contributed by atoms with van der Waals surface area (Å²) < 4.78 is 0.453. The molecule has 3 nitrogen and oxygen atoms in total. The summed E-state index contributed by atoms with van der Waals surface area (Å²) >= 11 is 1.97. The molecule has 0 atom stereocenters. The van der Waals surface area contributed by atoms with Crippen LogP contribution >= 0.6 is 22.6 Å². The van der Waals surface area contributed by atoms with Crippen molar-refractivity contribution < 1.29 is 4.79 Å². The van der Waals surface area contributed by atoms with Crippen molar-refractivity contribution in [2.24, 2.45) is 5.10 Å². The van der Waals surface area contributed by atoms with Crippen molar-refractivity contribution in [3.8, 4) is 0 Å². The van der Waals surface area contributed by atoms with E-state index in [0.29, 0.717) is 4.43 Å². The van der Waals surface area contributed by atoms with E-state index >= 15 is 0 Å². The van der Waals surface area contributed by atoms with Gasteiger partial charge in [0.25, 0.3) is 0 Å². The van der Waals surface area contributed by atoms with Gasteiger partial charge in [-0.3, -0.25) is 4.79 Å². The van der Waals surface area contributed by atoms with Crippen LogP contribution in [0, 0.1) is 0 Å². The highest BCUT2D eigenvalue weighted by atomic mass is 127. The average molecular weight is 226 g/mol. The van der Waals surface area contributed by atoms with E-state index in [9.17, 15) is 4.79 Å². The molecule has 8 heavy (non-hydrogen) atoms. The Morgan fingerprint density at radius 3 is 3.00 bits per heavy atom. The van der Waals surface area contributed by atoms with E-state index in [1.165, 1.54) is 6.21 Å². The van der Waals surface area contributed by atoms with Crippen molar-refractivity contribution >= 4 is 34.7 Å². The molecular formula is C4H7IN2O. The van der Waals surface area contributed by atoms with Crippen molar-refractivity contribution in [1.82, 2.24) is 5.43 Å². The van der Waals surface area contributed by atoms with Crippen LogP contribution in [0.15, 0.2) is 5.10 Å². The first-order chi connectivity index (χ1) is 3.81. The first-order valence-corrected chi connectivity index (χ1v) is 3.66. The standard InChI is InChI=1S/C4H7IN2O/c1-2-6-7-4(8)3-5/h2H,3H2,1H3,(H,7,8)/b6-2+. The summed E-state index contributed by atoms with van der Waals surface area (Å²) in [5.41, 5.74) is 2.30. The number of hydrogen-bond donors (Lipinski definition) is 1. The zero-order chi connectivity index (χ0) is 6.41. The Bertz CT molecular complexity index is 102. The van der Waals surface area contributed by atoms with Crippen molar-refractivity contribution in [2.75, 3.05) is 4.43 Å². The molecule has 0 aromatic rings. The first kappa shape index (κ1) is 7.87. The number of carbonyl (C=O) groups is 1. The van der Waals surface area contributed by atoms with Crippen LogP contribution in [0.1, 0.15) is 6.92 Å². The monoisotopic (exact) mass is 226 g/mol. The number of halogens is 1. The molecule has 0 aromatic heterocycles. The Balaban J connectivity index is 3.25. The number of hydrazone groups is 1. The molecule has 1 amide bonds. The summed E-state index contributed by atoms with van der Waals surface area (Å²) in [5.74, 6) is -0.0660. The van der Waals surface area contributed by atoms with E-state index in [1.54, 1.807) is 6.92 Å². The van der Waals surface area contributed by atoms with Crippen LogP contribution in [-0.4, -0.2) is 16.5 Å². The summed E-state index contributed by atoms with van der Waals surface area (Å²) in [6.07, 6.45) is 1.53. The highest BCUT2D eigenvalue weighted by molar-refractivity contribution is 14.1. The lowest BCUT2D eigenvalue weighted by atomic mass is 10.8. The first-order valence-electron chi connectivity index (χ1n) is 2.13. The molecular weight excluding hydrogens is 219 g/mol. The Morgan fingerprint density at radius 2 is 2.62 bits per heavy atom. The Labute approximate surface area is 61.7 Å². The molecule has 4 heteroatoms. The second-order valence-corrected chi connectivity index (χ2v) is 1.82. The predicted octanol–water partition coefficient (Wildman–Crippen LogP) is 0.543. The maximum absolute atomic E-state index is 10.3.